The molecule has 6 nitrogen and oxygen atoms in total. The summed E-state index contributed by atoms with van der Waals surface area (Å²) < 4.78 is 53.6. The second kappa shape index (κ2) is 11.7. The van der Waals surface area contributed by atoms with Crippen LogP contribution in [-0.4, -0.2) is 38.3 Å². The molecule has 0 amide bonds. The van der Waals surface area contributed by atoms with Gasteiger partial charge < -0.3 is 14.4 Å². The van der Waals surface area contributed by atoms with Gasteiger partial charge in [-0.25, -0.2) is 17.6 Å². The zero-order valence-electron chi connectivity index (χ0n) is 21.4. The Morgan fingerprint density at radius 3 is 2.53 bits per heavy atom. The molecule has 1 aliphatic heterocycles. The number of unbranched alkanes of at least 4 members (excludes halogenated alkanes) is 1. The van der Waals surface area contributed by atoms with Crippen molar-refractivity contribution in [2.45, 2.75) is 67.9 Å². The van der Waals surface area contributed by atoms with Crippen LogP contribution in [0.15, 0.2) is 64.6 Å². The van der Waals surface area contributed by atoms with Crippen molar-refractivity contribution in [2.24, 2.45) is 5.92 Å². The zero-order chi connectivity index (χ0) is 26.5. The standard InChI is InChI=1S/C27H34FNO5S2/c1-6-7-11-19-18-29(20-12-9-8-10-13-20)21-16-23(35-5)22(17-24(21)36(31,32)26(19)28)33-15-14-25(30)34-27(2,3)4/h8-10,12-17,19,26H,6-7,11,18H2,1-5H3/b15-14+. The number of carbonyl (C=O) groups is 1. The van der Waals surface area contributed by atoms with Gasteiger partial charge in [-0.3, -0.25) is 0 Å². The van der Waals surface area contributed by atoms with Crippen LogP contribution in [0.1, 0.15) is 47.0 Å². The largest absolute Gasteiger partial charge is 0.464 e. The van der Waals surface area contributed by atoms with Crippen LogP contribution in [0.2, 0.25) is 0 Å². The molecule has 2 atom stereocenters. The van der Waals surface area contributed by atoms with Crippen molar-refractivity contribution in [3.8, 4) is 5.75 Å². The lowest BCUT2D eigenvalue weighted by Crippen LogP contribution is -2.31. The molecule has 1 aliphatic rings. The third-order valence-electron chi connectivity index (χ3n) is 5.73. The molecule has 0 bridgehead atoms. The van der Waals surface area contributed by atoms with Crippen LogP contribution in [0.25, 0.3) is 0 Å². The van der Waals surface area contributed by atoms with Gasteiger partial charge in [0.05, 0.1) is 27.8 Å². The van der Waals surface area contributed by atoms with E-state index in [0.717, 1.165) is 30.9 Å². The minimum absolute atomic E-state index is 0.128. The topological polar surface area (TPSA) is 72.9 Å². The fraction of sp³-hybridized carbons (Fsp3) is 0.444. The molecule has 1 heterocycles. The second-order valence-electron chi connectivity index (χ2n) is 9.67. The Hall–Kier alpha value is -2.52. The molecule has 0 spiro atoms. The molecule has 0 N–H and O–H groups in total. The maximum Gasteiger partial charge on any atom is 0.334 e. The smallest absolute Gasteiger partial charge is 0.334 e. The number of hydrogen-bond acceptors (Lipinski definition) is 7. The Balaban J connectivity index is 2.08. The first-order chi connectivity index (χ1) is 17.0. The first-order valence-electron chi connectivity index (χ1n) is 12.0. The lowest BCUT2D eigenvalue weighted by molar-refractivity contribution is -0.148. The van der Waals surface area contributed by atoms with Crippen LogP contribution < -0.4 is 9.64 Å². The highest BCUT2D eigenvalue weighted by Gasteiger charge is 2.42. The number of benzene rings is 2. The minimum atomic E-state index is -4.30. The number of rotatable bonds is 8. The van der Waals surface area contributed by atoms with E-state index in [0.29, 0.717) is 17.0 Å². The zero-order valence-corrected chi connectivity index (χ0v) is 23.0. The number of halogens is 1. The highest BCUT2D eigenvalue weighted by atomic mass is 32.2. The van der Waals surface area contributed by atoms with Crippen LogP contribution in [-0.2, 0) is 19.4 Å². The number of anilines is 2. The predicted octanol–water partition coefficient (Wildman–Crippen LogP) is 6.67. The van der Waals surface area contributed by atoms with Gasteiger partial charge in [-0.15, -0.1) is 11.8 Å². The van der Waals surface area contributed by atoms with Crippen LogP contribution in [0.5, 0.6) is 5.75 Å². The molecule has 2 aromatic carbocycles. The van der Waals surface area contributed by atoms with Gasteiger partial charge in [-0.05, 0) is 51.6 Å². The van der Waals surface area contributed by atoms with E-state index < -0.39 is 32.8 Å². The van der Waals surface area contributed by atoms with Crippen molar-refractivity contribution in [2.75, 3.05) is 17.7 Å². The number of fused-ring (bicyclic) bond motifs is 1. The Bertz CT molecular complexity index is 1190. The molecule has 196 valence electrons. The summed E-state index contributed by atoms with van der Waals surface area (Å²) in [6.45, 7) is 7.50. The molecule has 2 unspecified atom stereocenters. The molecule has 36 heavy (non-hydrogen) atoms. The van der Waals surface area contributed by atoms with E-state index in [-0.39, 0.29) is 17.2 Å². The van der Waals surface area contributed by atoms with Crippen molar-refractivity contribution in [1.29, 1.82) is 0 Å². The molecule has 9 heteroatoms. The van der Waals surface area contributed by atoms with Crippen molar-refractivity contribution in [3.05, 3.63) is 54.8 Å². The van der Waals surface area contributed by atoms with Gasteiger partial charge in [0.15, 0.2) is 0 Å². The summed E-state index contributed by atoms with van der Waals surface area (Å²) >= 11 is 1.37. The third-order valence-corrected chi connectivity index (χ3v) is 8.41. The number of thioether (sulfide) groups is 1. The van der Waals surface area contributed by atoms with Gasteiger partial charge >= 0.3 is 5.97 Å². The fourth-order valence-corrected chi connectivity index (χ4v) is 6.29. The summed E-state index contributed by atoms with van der Waals surface area (Å²) in [5.41, 5.74) is -1.50. The van der Waals surface area contributed by atoms with Gasteiger partial charge in [-0.1, -0.05) is 38.0 Å². The van der Waals surface area contributed by atoms with Crippen LogP contribution in [0, 0.1) is 5.92 Å². The molecule has 2 aromatic rings. The average molecular weight is 536 g/mol. The first kappa shape index (κ1) is 28.1. The van der Waals surface area contributed by atoms with Crippen LogP contribution >= 0.6 is 11.8 Å². The summed E-state index contributed by atoms with van der Waals surface area (Å²) in [6, 6.07) is 12.5. The average Bonchev–Trinajstić information content (AvgIpc) is 2.90. The maximum atomic E-state index is 15.7. The van der Waals surface area contributed by atoms with Gasteiger partial charge in [0.1, 0.15) is 11.4 Å². The summed E-state index contributed by atoms with van der Waals surface area (Å²) in [4.78, 5) is 14.4. The SMILES string of the molecule is CCCCC1CN(c2ccccc2)c2cc(SC)c(O/C=C/C(=O)OC(C)(C)C)cc2S(=O)(=O)C1F. The van der Waals surface area contributed by atoms with Crippen LogP contribution in [0.3, 0.4) is 0 Å². The predicted molar refractivity (Wildman–Crippen MR) is 142 cm³/mol. The lowest BCUT2D eigenvalue weighted by Gasteiger charge is -2.28. The maximum absolute atomic E-state index is 15.7. The number of sulfone groups is 1. The van der Waals surface area contributed by atoms with E-state index >= 15 is 4.39 Å². The lowest BCUT2D eigenvalue weighted by atomic mass is 10.0. The number of carbonyl (C=O) groups excluding carboxylic acids is 1. The van der Waals surface area contributed by atoms with E-state index in [9.17, 15) is 13.2 Å². The highest BCUT2D eigenvalue weighted by molar-refractivity contribution is 7.98. The second-order valence-corrected chi connectivity index (χ2v) is 12.5. The Kier molecular flexibility index (Phi) is 9.11. The van der Waals surface area contributed by atoms with Crippen molar-refractivity contribution < 1.29 is 27.1 Å². The Morgan fingerprint density at radius 2 is 1.92 bits per heavy atom. The molecule has 0 aromatic heterocycles. The molecule has 0 aliphatic carbocycles. The van der Waals surface area contributed by atoms with Crippen LogP contribution in [0.4, 0.5) is 15.8 Å². The molecule has 0 fully saturated rings. The van der Waals surface area contributed by atoms with Gasteiger partial charge in [0.25, 0.3) is 0 Å². The normalized spacial score (nSPS) is 19.6. The molecular formula is C27H34FNO5S2. The minimum Gasteiger partial charge on any atom is -0.464 e. The van der Waals surface area contributed by atoms with Gasteiger partial charge in [0, 0.05) is 24.2 Å². The third kappa shape index (κ3) is 6.62. The number of ether oxygens (including phenoxy) is 2. The van der Waals surface area contributed by atoms with E-state index in [1.165, 1.54) is 17.8 Å². The number of esters is 1. The molecular weight excluding hydrogens is 501 g/mol. The number of para-hydroxylation sites is 1. The summed E-state index contributed by atoms with van der Waals surface area (Å²) in [6.07, 6.45) is 6.17. The molecule has 0 radical (unpaired) electrons. The summed E-state index contributed by atoms with van der Waals surface area (Å²) in [5.74, 6) is -1.05. The van der Waals surface area contributed by atoms with Gasteiger partial charge in [0.2, 0.25) is 15.3 Å². The number of nitrogens with zero attached hydrogens (tertiary/aromatic N) is 1. The monoisotopic (exact) mass is 535 g/mol. The van der Waals surface area contributed by atoms with E-state index in [4.69, 9.17) is 9.47 Å². The Labute approximate surface area is 217 Å². The first-order valence-corrected chi connectivity index (χ1v) is 14.7. The van der Waals surface area contributed by atoms with E-state index in [1.54, 1.807) is 26.8 Å². The molecule has 3 rings (SSSR count). The molecule has 0 saturated heterocycles. The highest BCUT2D eigenvalue weighted by Crippen LogP contribution is 2.45. The number of hydrogen-bond donors (Lipinski definition) is 0. The van der Waals surface area contributed by atoms with Crippen molar-refractivity contribution in [1.82, 2.24) is 0 Å². The van der Waals surface area contributed by atoms with Gasteiger partial charge in [-0.2, -0.15) is 0 Å². The molecule has 0 saturated carbocycles. The van der Waals surface area contributed by atoms with Crippen molar-refractivity contribution >= 4 is 38.9 Å². The van der Waals surface area contributed by atoms with E-state index in [2.05, 4.69) is 0 Å². The fourth-order valence-electron chi connectivity index (χ4n) is 4.05. The quantitative estimate of drug-likeness (QED) is 0.162. The Morgan fingerprint density at radius 1 is 1.22 bits per heavy atom. The van der Waals surface area contributed by atoms with E-state index in [1.807, 2.05) is 48.4 Å². The summed E-state index contributed by atoms with van der Waals surface area (Å²) in [5, 5.41) is 0. The number of alkyl halides is 1. The van der Waals surface area contributed by atoms with Crippen molar-refractivity contribution in [3.63, 3.8) is 0 Å². The summed E-state index contributed by atoms with van der Waals surface area (Å²) in [7, 11) is -4.30.